The molecule has 4 rings (SSSR count). The van der Waals surface area contributed by atoms with Crippen LogP contribution in [0.1, 0.15) is 24.1 Å². The number of carbonyl (C=O) groups excluding carboxylic acids is 1. The first-order valence-corrected chi connectivity index (χ1v) is 8.95. The summed E-state index contributed by atoms with van der Waals surface area (Å²) >= 11 is 0. The SMILES string of the molecule is CC(Nc1ccc(N/C=C2\C(=O)Nc3cccc(F)c32)cc1)c1cccnc1. The maximum Gasteiger partial charge on any atom is 0.257 e. The van der Waals surface area contributed by atoms with E-state index in [9.17, 15) is 9.18 Å². The Morgan fingerprint density at radius 3 is 2.61 bits per heavy atom. The molecule has 5 nitrogen and oxygen atoms in total. The number of hydrogen-bond donors (Lipinski definition) is 3. The van der Waals surface area contributed by atoms with Gasteiger partial charge in [0.05, 0.1) is 17.3 Å². The van der Waals surface area contributed by atoms with E-state index in [1.54, 1.807) is 18.3 Å². The van der Waals surface area contributed by atoms with Gasteiger partial charge in [0.1, 0.15) is 5.82 Å². The van der Waals surface area contributed by atoms with Gasteiger partial charge in [0.15, 0.2) is 0 Å². The Morgan fingerprint density at radius 1 is 1.07 bits per heavy atom. The molecule has 1 amide bonds. The highest BCUT2D eigenvalue weighted by Crippen LogP contribution is 2.33. The van der Waals surface area contributed by atoms with E-state index in [0.29, 0.717) is 11.3 Å². The molecule has 0 radical (unpaired) electrons. The molecule has 0 saturated heterocycles. The Kier molecular flexibility index (Phi) is 4.76. The summed E-state index contributed by atoms with van der Waals surface area (Å²) in [4.78, 5) is 16.2. The third-order valence-electron chi connectivity index (χ3n) is 4.61. The highest BCUT2D eigenvalue weighted by Gasteiger charge is 2.27. The Balaban J connectivity index is 1.46. The molecule has 28 heavy (non-hydrogen) atoms. The van der Waals surface area contributed by atoms with Crippen LogP contribution < -0.4 is 16.0 Å². The fourth-order valence-electron chi connectivity index (χ4n) is 3.13. The molecule has 140 valence electrons. The Hall–Kier alpha value is -3.67. The number of anilines is 3. The number of amides is 1. The van der Waals surface area contributed by atoms with Crippen molar-refractivity contribution < 1.29 is 9.18 Å². The maximum atomic E-state index is 14.1. The average Bonchev–Trinajstić information content (AvgIpc) is 3.04. The lowest BCUT2D eigenvalue weighted by Crippen LogP contribution is -2.07. The number of rotatable bonds is 5. The second-order valence-electron chi connectivity index (χ2n) is 6.55. The number of pyridine rings is 1. The largest absolute Gasteiger partial charge is 0.378 e. The van der Waals surface area contributed by atoms with Gasteiger partial charge in [-0.2, -0.15) is 0 Å². The number of nitrogens with zero attached hydrogens (tertiary/aromatic N) is 1. The second kappa shape index (κ2) is 7.52. The molecule has 6 heteroatoms. The molecule has 1 atom stereocenters. The quantitative estimate of drug-likeness (QED) is 0.561. The van der Waals surface area contributed by atoms with Crippen molar-refractivity contribution in [2.45, 2.75) is 13.0 Å². The number of carbonyl (C=O) groups is 1. The molecule has 1 unspecified atom stereocenters. The number of hydrogen-bond acceptors (Lipinski definition) is 4. The van der Waals surface area contributed by atoms with E-state index in [-0.39, 0.29) is 17.5 Å². The zero-order valence-electron chi connectivity index (χ0n) is 15.2. The van der Waals surface area contributed by atoms with E-state index in [1.165, 1.54) is 12.3 Å². The lowest BCUT2D eigenvalue weighted by atomic mass is 10.1. The van der Waals surface area contributed by atoms with Crippen LogP contribution >= 0.6 is 0 Å². The van der Waals surface area contributed by atoms with Gasteiger partial charge in [0.2, 0.25) is 0 Å². The molecule has 0 spiro atoms. The summed E-state index contributed by atoms with van der Waals surface area (Å²) in [6.07, 6.45) is 5.12. The van der Waals surface area contributed by atoms with Crippen molar-refractivity contribution in [1.29, 1.82) is 0 Å². The van der Waals surface area contributed by atoms with Gasteiger partial charge in [-0.25, -0.2) is 4.39 Å². The third kappa shape index (κ3) is 3.57. The molecule has 2 aromatic carbocycles. The highest BCUT2D eigenvalue weighted by atomic mass is 19.1. The molecular formula is C22H19FN4O. The first-order chi connectivity index (χ1) is 13.6. The summed E-state index contributed by atoms with van der Waals surface area (Å²) in [6.45, 7) is 2.07. The van der Waals surface area contributed by atoms with Crippen molar-refractivity contribution in [2.75, 3.05) is 16.0 Å². The predicted molar refractivity (Wildman–Crippen MR) is 109 cm³/mol. The third-order valence-corrected chi connectivity index (χ3v) is 4.61. The predicted octanol–water partition coefficient (Wildman–Crippen LogP) is 4.80. The van der Waals surface area contributed by atoms with Gasteiger partial charge in [-0.1, -0.05) is 12.1 Å². The summed E-state index contributed by atoms with van der Waals surface area (Å²) in [6, 6.07) is 16.3. The number of aromatic nitrogens is 1. The van der Waals surface area contributed by atoms with Crippen molar-refractivity contribution in [3.8, 4) is 0 Å². The zero-order valence-corrected chi connectivity index (χ0v) is 15.2. The van der Waals surface area contributed by atoms with Crippen LogP contribution in [0.3, 0.4) is 0 Å². The van der Waals surface area contributed by atoms with Gasteiger partial charge in [-0.15, -0.1) is 0 Å². The van der Waals surface area contributed by atoms with Crippen LogP contribution in [0.5, 0.6) is 0 Å². The smallest absolute Gasteiger partial charge is 0.257 e. The molecule has 1 aliphatic rings. The zero-order chi connectivity index (χ0) is 19.5. The second-order valence-corrected chi connectivity index (χ2v) is 6.55. The summed E-state index contributed by atoms with van der Waals surface area (Å²) in [5, 5.41) is 9.15. The fourth-order valence-corrected chi connectivity index (χ4v) is 3.13. The molecule has 0 aliphatic carbocycles. The highest BCUT2D eigenvalue weighted by molar-refractivity contribution is 6.31. The molecule has 0 saturated carbocycles. The van der Waals surface area contributed by atoms with E-state index >= 15 is 0 Å². The van der Waals surface area contributed by atoms with Crippen LogP contribution in [0, 0.1) is 5.82 Å². The van der Waals surface area contributed by atoms with Crippen LogP contribution in [0.4, 0.5) is 21.5 Å². The molecule has 0 fully saturated rings. The first kappa shape index (κ1) is 17.7. The van der Waals surface area contributed by atoms with Gasteiger partial charge in [-0.05, 0) is 55.0 Å². The summed E-state index contributed by atoms with van der Waals surface area (Å²) in [5.41, 5.74) is 3.92. The number of halogens is 1. The molecule has 2 heterocycles. The van der Waals surface area contributed by atoms with Crippen molar-refractivity contribution in [3.63, 3.8) is 0 Å². The molecule has 3 N–H and O–H groups in total. The minimum atomic E-state index is -0.423. The monoisotopic (exact) mass is 374 g/mol. The Labute approximate surface area is 162 Å². The minimum absolute atomic E-state index is 0.122. The fraction of sp³-hybridized carbons (Fsp3) is 0.0909. The molecule has 0 bridgehead atoms. The van der Waals surface area contributed by atoms with Gasteiger partial charge in [0.25, 0.3) is 5.91 Å². The van der Waals surface area contributed by atoms with Crippen LogP contribution in [0.2, 0.25) is 0 Å². The standard InChI is InChI=1S/C22H19FN4O/c1-14(15-4-3-11-24-12-15)26-17-9-7-16(8-10-17)25-13-18-21-19(23)5-2-6-20(21)27-22(18)28/h2-14,25-26H,1H3,(H,27,28)/b18-13-. The van der Waals surface area contributed by atoms with E-state index in [4.69, 9.17) is 0 Å². The van der Waals surface area contributed by atoms with E-state index < -0.39 is 5.82 Å². The summed E-state index contributed by atoms with van der Waals surface area (Å²) in [5.74, 6) is -0.746. The van der Waals surface area contributed by atoms with Crippen LogP contribution in [0.25, 0.3) is 5.57 Å². The van der Waals surface area contributed by atoms with Crippen LogP contribution in [-0.4, -0.2) is 10.9 Å². The first-order valence-electron chi connectivity index (χ1n) is 8.95. The maximum absolute atomic E-state index is 14.1. The van der Waals surface area contributed by atoms with Gasteiger partial charge >= 0.3 is 0 Å². The normalized spacial score (nSPS) is 15.1. The van der Waals surface area contributed by atoms with E-state index in [0.717, 1.165) is 16.9 Å². The van der Waals surface area contributed by atoms with E-state index in [2.05, 4.69) is 27.9 Å². The van der Waals surface area contributed by atoms with Crippen molar-refractivity contribution >= 4 is 28.5 Å². The lowest BCUT2D eigenvalue weighted by Gasteiger charge is -2.15. The van der Waals surface area contributed by atoms with Gasteiger partial charge < -0.3 is 16.0 Å². The topological polar surface area (TPSA) is 66.0 Å². The van der Waals surface area contributed by atoms with Crippen LogP contribution in [-0.2, 0) is 4.79 Å². The number of fused-ring (bicyclic) bond motifs is 1. The lowest BCUT2D eigenvalue weighted by molar-refractivity contribution is -0.110. The Bertz CT molecular complexity index is 1030. The van der Waals surface area contributed by atoms with Gasteiger partial charge in [-0.3, -0.25) is 9.78 Å². The molecule has 3 aromatic rings. The van der Waals surface area contributed by atoms with Crippen molar-refractivity contribution in [1.82, 2.24) is 4.98 Å². The molecule has 1 aliphatic heterocycles. The van der Waals surface area contributed by atoms with Crippen molar-refractivity contribution in [3.05, 3.63) is 90.1 Å². The van der Waals surface area contributed by atoms with E-state index in [1.807, 2.05) is 42.6 Å². The van der Waals surface area contributed by atoms with Gasteiger partial charge in [0, 0.05) is 35.5 Å². The average molecular weight is 374 g/mol. The molecule has 1 aromatic heterocycles. The minimum Gasteiger partial charge on any atom is -0.378 e. The van der Waals surface area contributed by atoms with Crippen LogP contribution in [0.15, 0.2) is 73.2 Å². The summed E-state index contributed by atoms with van der Waals surface area (Å²) in [7, 11) is 0. The van der Waals surface area contributed by atoms with Crippen molar-refractivity contribution in [2.24, 2.45) is 0 Å². The number of nitrogens with one attached hydrogen (secondary N) is 3. The summed E-state index contributed by atoms with van der Waals surface area (Å²) < 4.78 is 14.1. The molecular weight excluding hydrogens is 355 g/mol. The number of benzene rings is 2. The Morgan fingerprint density at radius 2 is 1.86 bits per heavy atom.